The smallest absolute Gasteiger partial charge is 0.387 e. The van der Waals surface area contributed by atoms with Gasteiger partial charge in [0, 0.05) is 38.4 Å². The van der Waals surface area contributed by atoms with Crippen LogP contribution < -0.4 is 10.5 Å². The molecule has 1 aliphatic rings. The number of amides is 1. The molecule has 5 nitrogen and oxygen atoms in total. The Bertz CT molecular complexity index is 768. The summed E-state index contributed by atoms with van der Waals surface area (Å²) in [6, 6.07) is 13.8. The maximum Gasteiger partial charge on any atom is 0.387 e. The van der Waals surface area contributed by atoms with E-state index in [1.54, 1.807) is 17.0 Å². The van der Waals surface area contributed by atoms with Crippen LogP contribution in [0.5, 0.6) is 5.75 Å². The van der Waals surface area contributed by atoms with Gasteiger partial charge in [0.25, 0.3) is 5.91 Å². The van der Waals surface area contributed by atoms with Gasteiger partial charge >= 0.3 is 6.61 Å². The number of nitrogens with two attached hydrogens (primary N) is 1. The maximum absolute atomic E-state index is 12.7. The van der Waals surface area contributed by atoms with Gasteiger partial charge in [-0.2, -0.15) is 8.78 Å². The standard InChI is InChI=1S/C19H21F2N3O2.ClH/c20-19(21)26-17-7-2-1-6-16(17)18(25)24-10-8-23(9-11-24)13-14-4-3-5-15(22)12-14;/h1-7,12,19H,8-11,13,22H2;1H. The van der Waals surface area contributed by atoms with Gasteiger partial charge in [-0.05, 0) is 29.8 Å². The molecule has 27 heavy (non-hydrogen) atoms. The summed E-state index contributed by atoms with van der Waals surface area (Å²) < 4.78 is 29.5. The van der Waals surface area contributed by atoms with Gasteiger partial charge in [0.1, 0.15) is 5.75 Å². The molecule has 0 radical (unpaired) electrons. The number of anilines is 1. The number of para-hydroxylation sites is 1. The minimum Gasteiger partial charge on any atom is -0.434 e. The molecule has 0 aromatic heterocycles. The lowest BCUT2D eigenvalue weighted by Gasteiger charge is -2.35. The van der Waals surface area contributed by atoms with Crippen molar-refractivity contribution in [2.24, 2.45) is 0 Å². The summed E-state index contributed by atoms with van der Waals surface area (Å²) in [6.45, 7) is 0.280. The summed E-state index contributed by atoms with van der Waals surface area (Å²) in [6.07, 6.45) is 0. The maximum atomic E-state index is 12.7. The SMILES string of the molecule is Cl.Nc1cccc(CN2CCN(C(=O)c3ccccc3OC(F)F)CC2)c1. The fraction of sp³-hybridized carbons (Fsp3) is 0.316. The molecule has 1 heterocycles. The largest absolute Gasteiger partial charge is 0.434 e. The van der Waals surface area contributed by atoms with E-state index in [0.717, 1.165) is 17.8 Å². The highest BCUT2D eigenvalue weighted by molar-refractivity contribution is 5.97. The Morgan fingerprint density at radius 1 is 1.07 bits per heavy atom. The number of carbonyl (C=O) groups is 1. The third kappa shape index (κ3) is 5.55. The molecule has 8 heteroatoms. The Morgan fingerprint density at radius 3 is 2.44 bits per heavy atom. The van der Waals surface area contributed by atoms with Gasteiger partial charge in [-0.25, -0.2) is 0 Å². The van der Waals surface area contributed by atoms with Gasteiger partial charge in [-0.3, -0.25) is 9.69 Å². The molecular weight excluding hydrogens is 376 g/mol. The second-order valence-corrected chi connectivity index (χ2v) is 6.19. The van der Waals surface area contributed by atoms with Crippen molar-refractivity contribution in [2.45, 2.75) is 13.2 Å². The highest BCUT2D eigenvalue weighted by Crippen LogP contribution is 2.23. The van der Waals surface area contributed by atoms with Gasteiger partial charge in [-0.1, -0.05) is 24.3 Å². The van der Waals surface area contributed by atoms with Crippen LogP contribution in [0.3, 0.4) is 0 Å². The number of halogens is 3. The van der Waals surface area contributed by atoms with Gasteiger partial charge in [0.15, 0.2) is 0 Å². The minimum absolute atomic E-state index is 0. The van der Waals surface area contributed by atoms with E-state index >= 15 is 0 Å². The molecule has 146 valence electrons. The third-order valence-corrected chi connectivity index (χ3v) is 4.35. The number of rotatable bonds is 5. The van der Waals surface area contributed by atoms with Gasteiger partial charge in [0.05, 0.1) is 5.56 Å². The number of alkyl halides is 2. The third-order valence-electron chi connectivity index (χ3n) is 4.35. The van der Waals surface area contributed by atoms with E-state index in [1.807, 2.05) is 24.3 Å². The molecule has 1 aliphatic heterocycles. The first-order valence-corrected chi connectivity index (χ1v) is 8.43. The van der Waals surface area contributed by atoms with E-state index in [2.05, 4.69) is 9.64 Å². The van der Waals surface area contributed by atoms with Crippen LogP contribution in [0.2, 0.25) is 0 Å². The molecule has 1 saturated heterocycles. The molecule has 1 fully saturated rings. The molecule has 3 rings (SSSR count). The monoisotopic (exact) mass is 397 g/mol. The number of benzene rings is 2. The quantitative estimate of drug-likeness (QED) is 0.787. The number of carbonyl (C=O) groups excluding carboxylic acids is 1. The van der Waals surface area contributed by atoms with E-state index in [0.29, 0.717) is 26.2 Å². The van der Waals surface area contributed by atoms with Crippen molar-refractivity contribution < 1.29 is 18.3 Å². The molecule has 2 N–H and O–H groups in total. The van der Waals surface area contributed by atoms with Crippen LogP contribution in [0.1, 0.15) is 15.9 Å². The summed E-state index contributed by atoms with van der Waals surface area (Å²) in [5.41, 5.74) is 7.82. The van der Waals surface area contributed by atoms with Crippen LogP contribution in [0, 0.1) is 0 Å². The highest BCUT2D eigenvalue weighted by atomic mass is 35.5. The van der Waals surface area contributed by atoms with Crippen molar-refractivity contribution in [3.05, 3.63) is 59.7 Å². The summed E-state index contributed by atoms with van der Waals surface area (Å²) in [5, 5.41) is 0. The van der Waals surface area contributed by atoms with Crippen LogP contribution in [-0.2, 0) is 6.54 Å². The Kier molecular flexibility index (Phi) is 7.38. The minimum atomic E-state index is -2.96. The zero-order valence-electron chi connectivity index (χ0n) is 14.7. The van der Waals surface area contributed by atoms with Crippen molar-refractivity contribution >= 4 is 24.0 Å². The molecule has 0 aliphatic carbocycles. The van der Waals surface area contributed by atoms with Crippen molar-refractivity contribution in [3.63, 3.8) is 0 Å². The molecular formula is C19H22ClF2N3O2. The lowest BCUT2D eigenvalue weighted by Crippen LogP contribution is -2.48. The number of nitrogen functional groups attached to an aromatic ring is 1. The van der Waals surface area contributed by atoms with E-state index < -0.39 is 6.61 Å². The fourth-order valence-electron chi connectivity index (χ4n) is 3.07. The van der Waals surface area contributed by atoms with Crippen molar-refractivity contribution in [1.82, 2.24) is 9.80 Å². The number of ether oxygens (including phenoxy) is 1. The van der Waals surface area contributed by atoms with Crippen LogP contribution >= 0.6 is 12.4 Å². The Morgan fingerprint density at radius 2 is 1.78 bits per heavy atom. The summed E-state index contributed by atoms with van der Waals surface area (Å²) in [4.78, 5) is 16.6. The molecule has 0 bridgehead atoms. The Hall–Kier alpha value is -2.38. The first-order valence-electron chi connectivity index (χ1n) is 8.43. The highest BCUT2D eigenvalue weighted by Gasteiger charge is 2.25. The number of hydrogen-bond donors (Lipinski definition) is 1. The predicted molar refractivity (Wildman–Crippen MR) is 102 cm³/mol. The topological polar surface area (TPSA) is 58.8 Å². The van der Waals surface area contributed by atoms with Gasteiger partial charge in [0.2, 0.25) is 0 Å². The zero-order chi connectivity index (χ0) is 18.5. The average Bonchev–Trinajstić information content (AvgIpc) is 2.62. The van der Waals surface area contributed by atoms with Crippen LogP contribution in [0.4, 0.5) is 14.5 Å². The summed E-state index contributed by atoms with van der Waals surface area (Å²) in [5.74, 6) is -0.375. The predicted octanol–water partition coefficient (Wildman–Crippen LogP) is 3.25. The molecule has 2 aromatic rings. The molecule has 0 saturated carbocycles. The van der Waals surface area contributed by atoms with E-state index in [9.17, 15) is 13.6 Å². The number of piperazine rings is 1. The first-order chi connectivity index (χ1) is 12.5. The summed E-state index contributed by atoms with van der Waals surface area (Å²) >= 11 is 0. The van der Waals surface area contributed by atoms with Crippen LogP contribution in [-0.4, -0.2) is 48.5 Å². The molecule has 0 unspecified atom stereocenters. The lowest BCUT2D eigenvalue weighted by molar-refractivity contribution is -0.0503. The lowest BCUT2D eigenvalue weighted by atomic mass is 10.1. The summed E-state index contributed by atoms with van der Waals surface area (Å²) in [7, 11) is 0. The van der Waals surface area contributed by atoms with Gasteiger partial charge < -0.3 is 15.4 Å². The number of hydrogen-bond acceptors (Lipinski definition) is 4. The van der Waals surface area contributed by atoms with Gasteiger partial charge in [-0.15, -0.1) is 12.4 Å². The Balaban J connectivity index is 0.00000261. The van der Waals surface area contributed by atoms with Crippen molar-refractivity contribution in [3.8, 4) is 5.75 Å². The van der Waals surface area contributed by atoms with E-state index in [4.69, 9.17) is 5.73 Å². The fourth-order valence-corrected chi connectivity index (χ4v) is 3.07. The van der Waals surface area contributed by atoms with Crippen LogP contribution in [0.15, 0.2) is 48.5 Å². The number of nitrogens with zero attached hydrogens (tertiary/aromatic N) is 2. The van der Waals surface area contributed by atoms with Crippen molar-refractivity contribution in [2.75, 3.05) is 31.9 Å². The zero-order valence-corrected chi connectivity index (χ0v) is 15.5. The average molecular weight is 398 g/mol. The van der Waals surface area contributed by atoms with E-state index in [-0.39, 0.29) is 29.6 Å². The second-order valence-electron chi connectivity index (χ2n) is 6.19. The normalized spacial score (nSPS) is 14.7. The first kappa shape index (κ1) is 20.9. The molecule has 2 aromatic carbocycles. The van der Waals surface area contributed by atoms with Crippen LogP contribution in [0.25, 0.3) is 0 Å². The molecule has 0 spiro atoms. The molecule has 0 atom stereocenters. The Labute approximate surface area is 163 Å². The molecule has 1 amide bonds. The van der Waals surface area contributed by atoms with Crippen molar-refractivity contribution in [1.29, 1.82) is 0 Å². The second kappa shape index (κ2) is 9.53. The van der Waals surface area contributed by atoms with E-state index in [1.165, 1.54) is 12.1 Å².